The molecule has 0 aromatic rings. The van der Waals surface area contributed by atoms with Crippen LogP contribution in [0.3, 0.4) is 0 Å². The number of aliphatic hydroxyl groups is 2. The van der Waals surface area contributed by atoms with E-state index < -0.39 is 11.2 Å². The Bertz CT molecular complexity index is 540. The topological polar surface area (TPSA) is 76.0 Å². The maximum Gasteiger partial charge on any atom is 0.319 e. The lowest BCUT2D eigenvalue weighted by atomic mass is 9.62. The van der Waals surface area contributed by atoms with Crippen molar-refractivity contribution in [2.75, 3.05) is 0 Å². The number of carbonyl (C=O) groups is 1. The first-order valence-electron chi connectivity index (χ1n) is 10.3. The van der Waals surface area contributed by atoms with Crippen molar-refractivity contribution in [1.29, 1.82) is 0 Å². The Morgan fingerprint density at radius 3 is 2.19 bits per heavy atom. The molecule has 2 heterocycles. The fraction of sp³-hybridized carbons (Fsp3) is 0.950. The number of rotatable bonds is 5. The van der Waals surface area contributed by atoms with Gasteiger partial charge in [-0.3, -0.25) is 4.79 Å². The molecule has 0 aromatic heterocycles. The summed E-state index contributed by atoms with van der Waals surface area (Å²) in [4.78, 5) is 12.3. The Morgan fingerprint density at radius 1 is 1.12 bits per heavy atom. The molecular formula is C20H31IO5. The quantitative estimate of drug-likeness (QED) is 0.361. The van der Waals surface area contributed by atoms with Gasteiger partial charge in [0.1, 0.15) is 16.1 Å². The van der Waals surface area contributed by atoms with Crippen LogP contribution in [0.5, 0.6) is 0 Å². The standard InChI is InChI=1S/C20H31IO5/c1-2-12(21)18(22)26-14-11-13-15(19(23)7-3-4-8-19)16(17(14)25-13)20(24)9-5-6-10-20/h12-17,23-24H,2-11H2,1H3. The number of hydrogen-bond donors (Lipinski definition) is 2. The third-order valence-corrected chi connectivity index (χ3v) is 8.76. The van der Waals surface area contributed by atoms with Gasteiger partial charge in [0.25, 0.3) is 0 Å². The summed E-state index contributed by atoms with van der Waals surface area (Å²) in [5, 5.41) is 22.8. The van der Waals surface area contributed by atoms with Gasteiger partial charge in [0.15, 0.2) is 0 Å². The molecule has 2 aliphatic heterocycles. The monoisotopic (exact) mass is 478 g/mol. The van der Waals surface area contributed by atoms with Gasteiger partial charge < -0.3 is 19.7 Å². The summed E-state index contributed by atoms with van der Waals surface area (Å²) in [7, 11) is 0. The highest BCUT2D eigenvalue weighted by Gasteiger charge is 2.67. The van der Waals surface area contributed by atoms with Crippen LogP contribution in [0.15, 0.2) is 0 Å². The minimum absolute atomic E-state index is 0.0328. The number of halogens is 1. The molecule has 5 nitrogen and oxygen atoms in total. The zero-order valence-electron chi connectivity index (χ0n) is 15.5. The average Bonchev–Trinajstić information content (AvgIpc) is 3.38. The molecule has 6 heteroatoms. The van der Waals surface area contributed by atoms with E-state index in [-0.39, 0.29) is 40.0 Å². The van der Waals surface area contributed by atoms with Crippen LogP contribution >= 0.6 is 22.6 Å². The highest BCUT2D eigenvalue weighted by molar-refractivity contribution is 14.1. The lowest BCUT2D eigenvalue weighted by Crippen LogP contribution is -2.57. The van der Waals surface area contributed by atoms with Crippen molar-refractivity contribution >= 4 is 28.6 Å². The Labute approximate surface area is 169 Å². The summed E-state index contributed by atoms with van der Waals surface area (Å²) in [5.41, 5.74) is -1.52. The maximum atomic E-state index is 12.3. The van der Waals surface area contributed by atoms with Crippen LogP contribution in [-0.4, -0.2) is 49.6 Å². The summed E-state index contributed by atoms with van der Waals surface area (Å²) in [6.45, 7) is 1.98. The SMILES string of the molecule is CCC(I)C(=O)OC1CC2OC1C(C1(O)CCCC1)C2C1(O)CCCC1. The Morgan fingerprint density at radius 2 is 1.65 bits per heavy atom. The molecule has 6 unspecified atom stereocenters. The molecule has 148 valence electrons. The first kappa shape index (κ1) is 19.4. The molecular weight excluding hydrogens is 447 g/mol. The third-order valence-electron chi connectivity index (χ3n) is 7.37. The van der Waals surface area contributed by atoms with Crippen molar-refractivity contribution in [2.24, 2.45) is 11.8 Å². The smallest absolute Gasteiger partial charge is 0.319 e. The zero-order valence-corrected chi connectivity index (χ0v) is 17.7. The Hall–Kier alpha value is 0.0800. The van der Waals surface area contributed by atoms with Gasteiger partial charge >= 0.3 is 5.97 Å². The summed E-state index contributed by atoms with van der Waals surface area (Å²) < 4.78 is 11.9. The van der Waals surface area contributed by atoms with E-state index in [4.69, 9.17) is 9.47 Å². The number of ether oxygens (including phenoxy) is 2. The maximum absolute atomic E-state index is 12.3. The molecule has 2 aliphatic carbocycles. The number of carbonyl (C=O) groups excluding carboxylic acids is 1. The normalized spacial score (nSPS) is 41.5. The van der Waals surface area contributed by atoms with Gasteiger partial charge in [0.05, 0.1) is 17.3 Å². The molecule has 0 aromatic carbocycles. The van der Waals surface area contributed by atoms with Crippen LogP contribution in [0.4, 0.5) is 0 Å². The van der Waals surface area contributed by atoms with Crippen molar-refractivity contribution in [2.45, 2.75) is 105 Å². The number of hydrogen-bond acceptors (Lipinski definition) is 5. The van der Waals surface area contributed by atoms with E-state index >= 15 is 0 Å². The second kappa shape index (κ2) is 7.16. The highest BCUT2D eigenvalue weighted by atomic mass is 127. The van der Waals surface area contributed by atoms with E-state index in [0.29, 0.717) is 6.42 Å². The van der Waals surface area contributed by atoms with Gasteiger partial charge in [-0.2, -0.15) is 0 Å². The van der Waals surface area contributed by atoms with Gasteiger partial charge in [-0.1, -0.05) is 55.2 Å². The van der Waals surface area contributed by atoms with Crippen molar-refractivity contribution in [3.05, 3.63) is 0 Å². The lowest BCUT2D eigenvalue weighted by Gasteiger charge is -2.46. The van der Waals surface area contributed by atoms with Crippen molar-refractivity contribution in [3.8, 4) is 0 Å². The molecule has 2 saturated carbocycles. The molecule has 0 radical (unpaired) electrons. The summed E-state index contributed by atoms with van der Waals surface area (Å²) in [6.07, 6.45) is 7.99. The molecule has 2 saturated heterocycles. The van der Waals surface area contributed by atoms with Crippen LogP contribution in [0.1, 0.15) is 71.1 Å². The highest BCUT2D eigenvalue weighted by Crippen LogP contribution is 2.58. The largest absolute Gasteiger partial charge is 0.459 e. The van der Waals surface area contributed by atoms with E-state index in [1.54, 1.807) is 0 Å². The fourth-order valence-electron chi connectivity index (χ4n) is 6.16. The second-order valence-electron chi connectivity index (χ2n) is 8.90. The number of esters is 1. The van der Waals surface area contributed by atoms with Crippen molar-refractivity contribution < 1.29 is 24.5 Å². The van der Waals surface area contributed by atoms with E-state index in [9.17, 15) is 15.0 Å². The molecule has 0 amide bonds. The summed E-state index contributed by atoms with van der Waals surface area (Å²) in [6, 6.07) is 0. The molecule has 4 aliphatic rings. The van der Waals surface area contributed by atoms with Gasteiger partial charge in [-0.25, -0.2) is 0 Å². The Kier molecular flexibility index (Phi) is 5.34. The molecule has 4 rings (SSSR count). The molecule has 2 bridgehead atoms. The van der Waals surface area contributed by atoms with E-state index in [2.05, 4.69) is 22.6 Å². The van der Waals surface area contributed by atoms with Crippen LogP contribution in [0, 0.1) is 11.8 Å². The van der Waals surface area contributed by atoms with Crippen molar-refractivity contribution in [3.63, 3.8) is 0 Å². The molecule has 2 N–H and O–H groups in total. The van der Waals surface area contributed by atoms with E-state index in [1.807, 2.05) is 6.92 Å². The van der Waals surface area contributed by atoms with Crippen LogP contribution in [0.2, 0.25) is 0 Å². The molecule has 26 heavy (non-hydrogen) atoms. The summed E-state index contributed by atoms with van der Waals surface area (Å²) >= 11 is 2.13. The van der Waals surface area contributed by atoms with Gasteiger partial charge in [-0.15, -0.1) is 0 Å². The zero-order chi connectivity index (χ0) is 18.5. The molecule has 0 spiro atoms. The predicted molar refractivity (Wildman–Crippen MR) is 105 cm³/mol. The Balaban J connectivity index is 1.59. The van der Waals surface area contributed by atoms with Crippen LogP contribution in [0.25, 0.3) is 0 Å². The molecule has 6 atom stereocenters. The second-order valence-corrected chi connectivity index (χ2v) is 10.4. The lowest BCUT2D eigenvalue weighted by molar-refractivity contribution is -0.161. The van der Waals surface area contributed by atoms with E-state index in [0.717, 1.165) is 57.8 Å². The van der Waals surface area contributed by atoms with Gasteiger partial charge in [0, 0.05) is 18.3 Å². The fourth-order valence-corrected chi connectivity index (χ4v) is 6.30. The van der Waals surface area contributed by atoms with Crippen LogP contribution in [-0.2, 0) is 14.3 Å². The predicted octanol–water partition coefficient (Wildman–Crippen LogP) is 3.13. The van der Waals surface area contributed by atoms with Gasteiger partial charge in [-0.05, 0) is 32.1 Å². The number of fused-ring (bicyclic) bond motifs is 2. The third kappa shape index (κ3) is 3.12. The van der Waals surface area contributed by atoms with E-state index in [1.165, 1.54) is 0 Å². The number of alkyl halides is 1. The molecule has 4 fully saturated rings. The first-order valence-corrected chi connectivity index (χ1v) is 11.6. The minimum Gasteiger partial charge on any atom is -0.459 e. The van der Waals surface area contributed by atoms with Gasteiger partial charge in [0.2, 0.25) is 0 Å². The minimum atomic E-state index is -0.790. The van der Waals surface area contributed by atoms with Crippen LogP contribution < -0.4 is 0 Å². The average molecular weight is 478 g/mol. The summed E-state index contributed by atoms with van der Waals surface area (Å²) in [5.74, 6) is -0.337. The van der Waals surface area contributed by atoms with Crippen molar-refractivity contribution in [1.82, 2.24) is 0 Å². The first-order chi connectivity index (χ1) is 12.4.